The number of amides is 1. The highest BCUT2D eigenvalue weighted by Gasteiger charge is 2.23. The molecule has 1 aliphatic rings. The van der Waals surface area contributed by atoms with Gasteiger partial charge in [-0.3, -0.25) is 4.79 Å². The largest absolute Gasteiger partial charge is 0.462 e. The van der Waals surface area contributed by atoms with Crippen molar-refractivity contribution in [1.29, 1.82) is 0 Å². The molecule has 1 fully saturated rings. The van der Waals surface area contributed by atoms with Crippen molar-refractivity contribution >= 4 is 27.6 Å². The number of anilines is 1. The van der Waals surface area contributed by atoms with Crippen molar-refractivity contribution in [2.45, 2.75) is 45.4 Å². The monoisotopic (exact) mass is 396 g/mol. The van der Waals surface area contributed by atoms with Gasteiger partial charge in [0.15, 0.2) is 0 Å². The van der Waals surface area contributed by atoms with Gasteiger partial charge in [0.1, 0.15) is 0 Å². The molecule has 1 heterocycles. The van der Waals surface area contributed by atoms with E-state index < -0.39 is 16.0 Å². The van der Waals surface area contributed by atoms with E-state index in [-0.39, 0.29) is 24.7 Å². The van der Waals surface area contributed by atoms with E-state index in [0.717, 1.165) is 19.3 Å². The summed E-state index contributed by atoms with van der Waals surface area (Å²) in [5.74, 6) is -0.664. The molecule has 0 aliphatic carbocycles. The highest BCUT2D eigenvalue weighted by Crippen LogP contribution is 2.18. The van der Waals surface area contributed by atoms with Crippen LogP contribution in [0.25, 0.3) is 0 Å². The van der Waals surface area contributed by atoms with Gasteiger partial charge in [0.25, 0.3) is 0 Å². The molecular formula is C19H28N2O5S. The number of hydrogen-bond acceptors (Lipinski definition) is 5. The van der Waals surface area contributed by atoms with Crippen LogP contribution >= 0.6 is 0 Å². The first-order valence-electron chi connectivity index (χ1n) is 9.48. The summed E-state index contributed by atoms with van der Waals surface area (Å²) in [4.78, 5) is 24.1. The minimum atomic E-state index is -3.22. The van der Waals surface area contributed by atoms with E-state index in [0.29, 0.717) is 37.2 Å². The van der Waals surface area contributed by atoms with E-state index in [2.05, 4.69) is 5.32 Å². The van der Waals surface area contributed by atoms with Gasteiger partial charge in [-0.05, 0) is 44.7 Å². The molecule has 1 amide bonds. The number of sulfonamides is 1. The molecule has 1 saturated heterocycles. The first-order valence-corrected chi connectivity index (χ1v) is 11.1. The Hall–Kier alpha value is -1.93. The zero-order valence-electron chi connectivity index (χ0n) is 15.8. The van der Waals surface area contributed by atoms with Crippen LogP contribution in [-0.4, -0.2) is 50.0 Å². The van der Waals surface area contributed by atoms with Crippen LogP contribution in [0.15, 0.2) is 24.3 Å². The predicted molar refractivity (Wildman–Crippen MR) is 104 cm³/mol. The van der Waals surface area contributed by atoms with E-state index in [1.54, 1.807) is 35.5 Å². The molecule has 0 saturated carbocycles. The standard InChI is InChI=1S/C19H28N2O5S/c1-2-26-19(23)16-10-4-5-11-17(16)20-18(22)12-6-9-15-27(24,25)21-13-7-3-8-14-21/h4-5,10-11H,2-3,6-9,12-15H2,1H3,(H,20,22). The Kier molecular flexibility index (Phi) is 8.24. The van der Waals surface area contributed by atoms with Crippen LogP contribution in [0.1, 0.15) is 55.8 Å². The van der Waals surface area contributed by atoms with Crippen LogP contribution in [-0.2, 0) is 19.6 Å². The molecule has 2 rings (SSSR count). The average Bonchev–Trinajstić information content (AvgIpc) is 2.66. The Morgan fingerprint density at radius 3 is 2.52 bits per heavy atom. The van der Waals surface area contributed by atoms with Gasteiger partial charge >= 0.3 is 5.97 Å². The summed E-state index contributed by atoms with van der Waals surface area (Å²) in [7, 11) is -3.22. The Morgan fingerprint density at radius 2 is 1.81 bits per heavy atom. The summed E-state index contributed by atoms with van der Waals surface area (Å²) < 4.78 is 31.1. The number of unbranched alkanes of at least 4 members (excludes halogenated alkanes) is 1. The number of esters is 1. The van der Waals surface area contributed by atoms with Gasteiger partial charge in [0.05, 0.1) is 23.6 Å². The molecule has 8 heteroatoms. The lowest BCUT2D eigenvalue weighted by Gasteiger charge is -2.25. The van der Waals surface area contributed by atoms with E-state index in [1.165, 1.54) is 0 Å². The van der Waals surface area contributed by atoms with E-state index >= 15 is 0 Å². The van der Waals surface area contributed by atoms with Gasteiger partial charge in [-0.25, -0.2) is 17.5 Å². The number of benzene rings is 1. The number of rotatable bonds is 9. The van der Waals surface area contributed by atoms with Gasteiger partial charge in [-0.1, -0.05) is 18.6 Å². The number of carbonyl (C=O) groups is 2. The van der Waals surface area contributed by atoms with E-state index in [9.17, 15) is 18.0 Å². The molecule has 27 heavy (non-hydrogen) atoms. The van der Waals surface area contributed by atoms with Gasteiger partial charge in [-0.15, -0.1) is 0 Å². The van der Waals surface area contributed by atoms with Crippen LogP contribution in [0.5, 0.6) is 0 Å². The van der Waals surface area contributed by atoms with Crippen molar-refractivity contribution in [3.8, 4) is 0 Å². The molecule has 1 aliphatic heterocycles. The Balaban J connectivity index is 1.79. The van der Waals surface area contributed by atoms with Crippen LogP contribution in [0.4, 0.5) is 5.69 Å². The zero-order chi connectivity index (χ0) is 19.7. The van der Waals surface area contributed by atoms with Crippen LogP contribution in [0.2, 0.25) is 0 Å². The third kappa shape index (κ3) is 6.62. The van der Waals surface area contributed by atoms with Crippen molar-refractivity contribution in [1.82, 2.24) is 4.31 Å². The number of piperidine rings is 1. The summed E-state index contributed by atoms with van der Waals surface area (Å²) in [5, 5.41) is 2.71. The van der Waals surface area contributed by atoms with Crippen LogP contribution < -0.4 is 5.32 Å². The Morgan fingerprint density at radius 1 is 1.11 bits per heavy atom. The predicted octanol–water partition coefficient (Wildman–Crippen LogP) is 2.79. The van der Waals surface area contributed by atoms with Gasteiger partial charge in [0, 0.05) is 19.5 Å². The van der Waals surface area contributed by atoms with Crippen molar-refractivity contribution in [3.05, 3.63) is 29.8 Å². The van der Waals surface area contributed by atoms with Crippen LogP contribution in [0, 0.1) is 0 Å². The fourth-order valence-electron chi connectivity index (χ4n) is 3.03. The Labute approximate surface area is 161 Å². The average molecular weight is 397 g/mol. The third-order valence-electron chi connectivity index (χ3n) is 4.46. The summed E-state index contributed by atoms with van der Waals surface area (Å²) in [5.41, 5.74) is 0.710. The second-order valence-corrected chi connectivity index (χ2v) is 8.64. The molecule has 7 nitrogen and oxygen atoms in total. The van der Waals surface area contributed by atoms with Crippen molar-refractivity contribution in [2.24, 2.45) is 0 Å². The smallest absolute Gasteiger partial charge is 0.340 e. The fraction of sp³-hybridized carbons (Fsp3) is 0.579. The maximum Gasteiger partial charge on any atom is 0.340 e. The minimum absolute atomic E-state index is 0.0691. The SMILES string of the molecule is CCOC(=O)c1ccccc1NC(=O)CCCCS(=O)(=O)N1CCCCC1. The first-order chi connectivity index (χ1) is 12.9. The van der Waals surface area contributed by atoms with E-state index in [4.69, 9.17) is 4.74 Å². The normalized spacial score (nSPS) is 15.3. The third-order valence-corrected chi connectivity index (χ3v) is 6.42. The molecule has 0 bridgehead atoms. The molecule has 1 aromatic rings. The first kappa shape index (κ1) is 21.4. The maximum absolute atomic E-state index is 12.3. The number of para-hydroxylation sites is 1. The number of carbonyl (C=O) groups excluding carboxylic acids is 2. The summed E-state index contributed by atoms with van der Waals surface area (Å²) in [6.45, 7) is 3.19. The Bertz CT molecular complexity index is 742. The summed E-state index contributed by atoms with van der Waals surface area (Å²) in [6, 6.07) is 6.67. The molecule has 0 atom stereocenters. The lowest BCUT2D eigenvalue weighted by Crippen LogP contribution is -2.37. The zero-order valence-corrected chi connectivity index (χ0v) is 16.6. The lowest BCUT2D eigenvalue weighted by molar-refractivity contribution is -0.116. The number of hydrogen-bond donors (Lipinski definition) is 1. The molecule has 0 radical (unpaired) electrons. The maximum atomic E-state index is 12.3. The lowest BCUT2D eigenvalue weighted by atomic mass is 10.1. The second-order valence-electron chi connectivity index (χ2n) is 6.55. The summed E-state index contributed by atoms with van der Waals surface area (Å²) in [6.07, 6.45) is 4.03. The molecule has 0 spiro atoms. The quantitative estimate of drug-likeness (QED) is 0.512. The highest BCUT2D eigenvalue weighted by atomic mass is 32.2. The number of nitrogens with zero attached hydrogens (tertiary/aromatic N) is 1. The molecule has 0 aromatic heterocycles. The highest BCUT2D eigenvalue weighted by molar-refractivity contribution is 7.89. The molecule has 1 N–H and O–H groups in total. The van der Waals surface area contributed by atoms with Crippen LogP contribution in [0.3, 0.4) is 0 Å². The molecule has 0 unspecified atom stereocenters. The molecular weight excluding hydrogens is 368 g/mol. The van der Waals surface area contributed by atoms with Crippen molar-refractivity contribution < 1.29 is 22.7 Å². The topological polar surface area (TPSA) is 92.8 Å². The van der Waals surface area contributed by atoms with Gasteiger partial charge in [-0.2, -0.15) is 0 Å². The minimum Gasteiger partial charge on any atom is -0.462 e. The summed E-state index contributed by atoms with van der Waals surface area (Å²) >= 11 is 0. The fourth-order valence-corrected chi connectivity index (χ4v) is 4.68. The van der Waals surface area contributed by atoms with E-state index in [1.807, 2.05) is 0 Å². The second kappa shape index (κ2) is 10.4. The molecule has 150 valence electrons. The van der Waals surface area contributed by atoms with Gasteiger partial charge in [0.2, 0.25) is 15.9 Å². The molecule has 1 aromatic carbocycles. The number of nitrogens with one attached hydrogen (secondary N) is 1. The number of ether oxygens (including phenoxy) is 1. The van der Waals surface area contributed by atoms with Crippen molar-refractivity contribution in [2.75, 3.05) is 30.8 Å². The van der Waals surface area contributed by atoms with Crippen molar-refractivity contribution in [3.63, 3.8) is 0 Å². The van der Waals surface area contributed by atoms with Gasteiger partial charge < -0.3 is 10.1 Å².